The second kappa shape index (κ2) is 8.38. The predicted molar refractivity (Wildman–Crippen MR) is 123 cm³/mol. The summed E-state index contributed by atoms with van der Waals surface area (Å²) >= 11 is 0. The highest BCUT2D eigenvalue weighted by molar-refractivity contribution is 6.01. The normalized spacial score (nSPS) is 27.7. The van der Waals surface area contributed by atoms with Crippen molar-refractivity contribution in [1.82, 2.24) is 20.1 Å². The maximum absolute atomic E-state index is 14.1. The summed E-state index contributed by atoms with van der Waals surface area (Å²) in [7, 11) is 0. The Morgan fingerprint density at radius 3 is 2.83 bits per heavy atom. The van der Waals surface area contributed by atoms with E-state index in [1.165, 1.54) is 12.1 Å². The lowest BCUT2D eigenvalue weighted by molar-refractivity contribution is -0.143. The zero-order valence-electron chi connectivity index (χ0n) is 19.6. The molecule has 1 aromatic heterocycles. The summed E-state index contributed by atoms with van der Waals surface area (Å²) in [5.74, 6) is -4.14. The van der Waals surface area contributed by atoms with Crippen molar-refractivity contribution in [3.63, 3.8) is 0 Å². The van der Waals surface area contributed by atoms with E-state index in [-0.39, 0.29) is 47.5 Å². The number of fused-ring (bicyclic) bond motifs is 1. The number of hydrogen-bond donors (Lipinski definition) is 3. The van der Waals surface area contributed by atoms with Gasteiger partial charge >= 0.3 is 0 Å². The lowest BCUT2D eigenvalue weighted by atomic mass is 9.63. The van der Waals surface area contributed by atoms with E-state index in [4.69, 9.17) is 4.74 Å². The van der Waals surface area contributed by atoms with Crippen LogP contribution in [0.15, 0.2) is 23.0 Å². The van der Waals surface area contributed by atoms with E-state index in [0.29, 0.717) is 38.2 Å². The number of halogens is 2. The number of amides is 2. The fourth-order valence-corrected chi connectivity index (χ4v) is 6.46. The summed E-state index contributed by atoms with van der Waals surface area (Å²) in [5, 5.41) is 16.8. The molecule has 2 fully saturated rings. The van der Waals surface area contributed by atoms with Crippen molar-refractivity contribution in [1.29, 1.82) is 0 Å². The van der Waals surface area contributed by atoms with Crippen LogP contribution in [0.1, 0.15) is 64.0 Å². The third kappa shape index (κ3) is 3.08. The summed E-state index contributed by atoms with van der Waals surface area (Å²) in [4.78, 5) is 41.9. The molecule has 4 unspecified atom stereocenters. The number of benzene rings is 1. The zero-order valence-corrected chi connectivity index (χ0v) is 19.6. The van der Waals surface area contributed by atoms with Gasteiger partial charge in [-0.05, 0) is 25.5 Å². The molecule has 3 aliphatic heterocycles. The molecule has 36 heavy (non-hydrogen) atoms. The molecule has 1 aromatic carbocycles. The zero-order chi connectivity index (χ0) is 25.3. The fraction of sp³-hybridized carbons (Fsp3) is 0.480. The molecule has 2 aromatic rings. The molecular formula is C25H26F2N4O5. The van der Waals surface area contributed by atoms with E-state index in [9.17, 15) is 28.3 Å². The van der Waals surface area contributed by atoms with Crippen molar-refractivity contribution < 1.29 is 28.2 Å². The van der Waals surface area contributed by atoms with Crippen LogP contribution in [0, 0.1) is 17.6 Å². The Labute approximate surface area is 205 Å². The minimum absolute atomic E-state index is 0.0400. The SMILES string of the molecule is CCNC1CC2C3C4[C@@H]2OCCCN4C(=O)c2c(O)c(=O)c(C(=O)NCc4cccc(F)c4F)c1n23. The number of pyridine rings is 1. The predicted octanol–water partition coefficient (Wildman–Crippen LogP) is 1.60. The van der Waals surface area contributed by atoms with Crippen molar-refractivity contribution >= 4 is 11.8 Å². The molecule has 1 aliphatic carbocycles. The van der Waals surface area contributed by atoms with Crippen LogP contribution in [-0.2, 0) is 11.3 Å². The minimum atomic E-state index is -1.09. The van der Waals surface area contributed by atoms with Crippen molar-refractivity contribution in [3.05, 3.63) is 62.6 Å². The van der Waals surface area contributed by atoms with E-state index < -0.39 is 40.7 Å². The number of hydrogen-bond acceptors (Lipinski definition) is 6. The molecular weight excluding hydrogens is 474 g/mol. The Hall–Kier alpha value is -3.31. The van der Waals surface area contributed by atoms with Crippen LogP contribution in [0.25, 0.3) is 0 Å². The van der Waals surface area contributed by atoms with Gasteiger partial charge < -0.3 is 29.9 Å². The van der Waals surface area contributed by atoms with Gasteiger partial charge in [-0.15, -0.1) is 0 Å². The first-order valence-corrected chi connectivity index (χ1v) is 12.2. The third-order valence-corrected chi connectivity index (χ3v) is 7.93. The van der Waals surface area contributed by atoms with E-state index >= 15 is 0 Å². The number of nitrogens with one attached hydrogen (secondary N) is 2. The number of aromatic hydroxyl groups is 1. The summed E-state index contributed by atoms with van der Waals surface area (Å²) in [6.07, 6.45) is 1.09. The van der Waals surface area contributed by atoms with Gasteiger partial charge in [-0.3, -0.25) is 14.4 Å². The average Bonchev–Trinajstić information content (AvgIpc) is 3.05. The number of aromatic nitrogens is 1. The smallest absolute Gasteiger partial charge is 0.274 e. The Morgan fingerprint density at radius 1 is 1.25 bits per heavy atom. The van der Waals surface area contributed by atoms with Crippen LogP contribution < -0.4 is 16.1 Å². The van der Waals surface area contributed by atoms with Gasteiger partial charge in [0.15, 0.2) is 23.1 Å². The van der Waals surface area contributed by atoms with Crippen LogP contribution in [0.2, 0.25) is 0 Å². The monoisotopic (exact) mass is 500 g/mol. The summed E-state index contributed by atoms with van der Waals surface area (Å²) in [6, 6.07) is 2.72. The molecule has 0 bridgehead atoms. The summed E-state index contributed by atoms with van der Waals surface area (Å²) in [5.41, 5.74) is -1.09. The van der Waals surface area contributed by atoms with Crippen molar-refractivity contribution in [2.45, 2.75) is 50.5 Å². The summed E-state index contributed by atoms with van der Waals surface area (Å²) in [6.45, 7) is 3.07. The molecule has 0 spiro atoms. The average molecular weight is 501 g/mol. The molecule has 190 valence electrons. The van der Waals surface area contributed by atoms with Gasteiger partial charge in [0, 0.05) is 37.2 Å². The van der Waals surface area contributed by atoms with Crippen LogP contribution in [0.4, 0.5) is 8.78 Å². The molecule has 1 saturated carbocycles. The van der Waals surface area contributed by atoms with Crippen LogP contribution in [-0.4, -0.2) is 58.2 Å². The number of carbonyl (C=O) groups is 2. The van der Waals surface area contributed by atoms with Crippen molar-refractivity contribution in [2.75, 3.05) is 19.7 Å². The summed E-state index contributed by atoms with van der Waals surface area (Å²) < 4.78 is 35.5. The number of nitrogens with zero attached hydrogens (tertiary/aromatic N) is 2. The number of rotatable bonds is 5. The van der Waals surface area contributed by atoms with E-state index in [0.717, 1.165) is 6.07 Å². The first-order valence-electron chi connectivity index (χ1n) is 12.2. The molecule has 0 radical (unpaired) electrons. The van der Waals surface area contributed by atoms with E-state index in [1.54, 1.807) is 9.47 Å². The molecule has 11 heteroatoms. The van der Waals surface area contributed by atoms with Gasteiger partial charge in [-0.25, -0.2) is 8.78 Å². The fourth-order valence-electron chi connectivity index (χ4n) is 6.46. The Kier molecular flexibility index (Phi) is 5.38. The van der Waals surface area contributed by atoms with Crippen LogP contribution >= 0.6 is 0 Å². The van der Waals surface area contributed by atoms with Gasteiger partial charge in [0.05, 0.1) is 23.9 Å². The largest absolute Gasteiger partial charge is 0.503 e. The lowest BCUT2D eigenvalue weighted by Gasteiger charge is -2.61. The lowest BCUT2D eigenvalue weighted by Crippen LogP contribution is -2.70. The van der Waals surface area contributed by atoms with Gasteiger partial charge in [0.1, 0.15) is 5.56 Å². The quantitative estimate of drug-likeness (QED) is 0.575. The van der Waals surface area contributed by atoms with Crippen LogP contribution in [0.5, 0.6) is 5.75 Å². The molecule has 6 rings (SSSR count). The molecule has 3 N–H and O–H groups in total. The molecule has 5 atom stereocenters. The van der Waals surface area contributed by atoms with Gasteiger partial charge in [-0.2, -0.15) is 0 Å². The first kappa shape index (κ1) is 23.1. The molecule has 2 amide bonds. The Balaban J connectivity index is 1.48. The highest BCUT2D eigenvalue weighted by Crippen LogP contribution is 2.56. The van der Waals surface area contributed by atoms with Crippen molar-refractivity contribution in [2.24, 2.45) is 5.92 Å². The topological polar surface area (TPSA) is 113 Å². The third-order valence-electron chi connectivity index (χ3n) is 7.93. The van der Waals surface area contributed by atoms with Gasteiger partial charge in [0.2, 0.25) is 5.43 Å². The molecule has 9 nitrogen and oxygen atoms in total. The van der Waals surface area contributed by atoms with Crippen LogP contribution in [0.3, 0.4) is 0 Å². The number of ether oxygens (including phenoxy) is 1. The molecule has 4 aliphatic rings. The van der Waals surface area contributed by atoms with E-state index in [2.05, 4.69) is 10.6 Å². The van der Waals surface area contributed by atoms with Gasteiger partial charge in [0.25, 0.3) is 11.8 Å². The molecule has 1 saturated heterocycles. The standard InChI is InChI=1S/C25H26F2N4O5/c1-2-28-14-9-12-17-19-23(12)36-8-4-7-30(19)25(35)20-22(33)21(32)15(18(14)31(17)20)24(34)29-10-11-5-3-6-13(26)16(11)27/h3,5-6,12,14,17,19,23,28,33H,2,4,7-10H2,1H3,(H,29,34)/t12?,14?,17?,19?,23-/m1/s1. The van der Waals surface area contributed by atoms with Crippen molar-refractivity contribution in [3.8, 4) is 5.75 Å². The van der Waals surface area contributed by atoms with Gasteiger partial charge in [-0.1, -0.05) is 19.1 Å². The van der Waals surface area contributed by atoms with E-state index in [1.807, 2.05) is 6.92 Å². The second-order valence-electron chi connectivity index (χ2n) is 9.73. The maximum Gasteiger partial charge on any atom is 0.274 e. The number of carbonyl (C=O) groups excluding carboxylic acids is 2. The molecule has 4 heterocycles. The maximum atomic E-state index is 14.1. The second-order valence-corrected chi connectivity index (χ2v) is 9.73. The highest BCUT2D eigenvalue weighted by Gasteiger charge is 2.63. The highest BCUT2D eigenvalue weighted by atomic mass is 19.2. The Bertz CT molecular complexity index is 1340. The first-order chi connectivity index (χ1) is 17.3. The minimum Gasteiger partial charge on any atom is -0.503 e. The Morgan fingerprint density at radius 2 is 2.06 bits per heavy atom.